The molecule has 2 aromatic rings. The van der Waals surface area contributed by atoms with Crippen molar-refractivity contribution in [1.29, 1.82) is 0 Å². The minimum absolute atomic E-state index is 0.0973. The molecular weight excluding hydrogens is 306 g/mol. The number of benzene rings is 2. The van der Waals surface area contributed by atoms with Gasteiger partial charge in [-0.25, -0.2) is 0 Å². The molecule has 2 aromatic carbocycles. The molecular formula is C19H17NO4. The molecule has 5 heteroatoms. The third-order valence-electron chi connectivity index (χ3n) is 3.73. The predicted octanol–water partition coefficient (Wildman–Crippen LogP) is 3.24. The van der Waals surface area contributed by atoms with Crippen LogP contribution in [0.4, 0.5) is 5.69 Å². The lowest BCUT2D eigenvalue weighted by molar-refractivity contribution is -0.136. The Morgan fingerprint density at radius 3 is 2.67 bits per heavy atom. The zero-order chi connectivity index (χ0) is 17.1. The van der Waals surface area contributed by atoms with Crippen molar-refractivity contribution >= 4 is 23.6 Å². The van der Waals surface area contributed by atoms with Crippen molar-refractivity contribution in [3.8, 4) is 5.75 Å². The highest BCUT2D eigenvalue weighted by atomic mass is 16.5. The minimum Gasteiger partial charge on any atom is -0.481 e. The molecule has 1 aliphatic heterocycles. The summed E-state index contributed by atoms with van der Waals surface area (Å²) in [6.07, 6.45) is 1.54. The fraction of sp³-hybridized carbons (Fsp3) is 0.158. The van der Waals surface area contributed by atoms with Crippen LogP contribution in [-0.2, 0) is 9.59 Å². The van der Waals surface area contributed by atoms with Crippen molar-refractivity contribution in [2.75, 3.05) is 11.4 Å². The van der Waals surface area contributed by atoms with Gasteiger partial charge in [0.15, 0.2) is 11.5 Å². The van der Waals surface area contributed by atoms with E-state index in [1.807, 2.05) is 49.4 Å². The fourth-order valence-electron chi connectivity index (χ4n) is 2.55. The highest BCUT2D eigenvalue weighted by molar-refractivity contribution is 6.10. The van der Waals surface area contributed by atoms with Crippen LogP contribution in [0.1, 0.15) is 17.5 Å². The van der Waals surface area contributed by atoms with E-state index in [4.69, 9.17) is 9.84 Å². The summed E-state index contributed by atoms with van der Waals surface area (Å²) in [6.45, 7) is 2.01. The van der Waals surface area contributed by atoms with Crippen LogP contribution in [0, 0.1) is 6.92 Å². The van der Waals surface area contributed by atoms with Crippen molar-refractivity contribution in [3.05, 3.63) is 65.4 Å². The number of rotatable bonds is 4. The van der Waals surface area contributed by atoms with E-state index in [1.54, 1.807) is 12.1 Å². The highest BCUT2D eigenvalue weighted by Gasteiger charge is 2.30. The Labute approximate surface area is 139 Å². The van der Waals surface area contributed by atoms with Gasteiger partial charge in [-0.3, -0.25) is 9.59 Å². The van der Waals surface area contributed by atoms with Crippen molar-refractivity contribution in [1.82, 2.24) is 0 Å². The average Bonchev–Trinajstić information content (AvgIpc) is 2.56. The molecule has 0 bridgehead atoms. The van der Waals surface area contributed by atoms with Crippen molar-refractivity contribution < 1.29 is 19.4 Å². The Kier molecular flexibility index (Phi) is 4.33. The summed E-state index contributed by atoms with van der Waals surface area (Å²) in [4.78, 5) is 25.1. The second-order valence-electron chi connectivity index (χ2n) is 5.59. The number of carbonyl (C=O) groups excluding carboxylic acids is 1. The normalized spacial score (nSPS) is 15.1. The number of anilines is 1. The zero-order valence-electron chi connectivity index (χ0n) is 13.2. The first-order valence-corrected chi connectivity index (χ1v) is 7.63. The number of nitrogens with zero attached hydrogens (tertiary/aromatic N) is 1. The van der Waals surface area contributed by atoms with Crippen LogP contribution in [0.5, 0.6) is 5.75 Å². The van der Waals surface area contributed by atoms with Crippen molar-refractivity contribution in [2.45, 2.75) is 13.3 Å². The van der Waals surface area contributed by atoms with Gasteiger partial charge in [0.25, 0.3) is 5.91 Å². The van der Waals surface area contributed by atoms with Crippen LogP contribution >= 0.6 is 0 Å². The summed E-state index contributed by atoms with van der Waals surface area (Å²) < 4.78 is 5.76. The van der Waals surface area contributed by atoms with Gasteiger partial charge in [-0.15, -0.1) is 0 Å². The predicted molar refractivity (Wildman–Crippen MR) is 90.8 cm³/mol. The second kappa shape index (κ2) is 6.58. The van der Waals surface area contributed by atoms with E-state index in [0.717, 1.165) is 11.1 Å². The summed E-state index contributed by atoms with van der Waals surface area (Å²) in [5.41, 5.74) is 2.42. The van der Waals surface area contributed by atoms with Gasteiger partial charge in [-0.05, 0) is 36.3 Å². The van der Waals surface area contributed by atoms with Gasteiger partial charge in [0.1, 0.15) is 0 Å². The van der Waals surface area contributed by atoms with Gasteiger partial charge >= 0.3 is 5.97 Å². The largest absolute Gasteiger partial charge is 0.481 e. The first-order valence-electron chi connectivity index (χ1n) is 7.63. The van der Waals surface area contributed by atoms with E-state index in [2.05, 4.69) is 0 Å². The highest BCUT2D eigenvalue weighted by Crippen LogP contribution is 2.36. The number of carboxylic acid groups (broad SMARTS) is 1. The number of amides is 1. The Morgan fingerprint density at radius 1 is 1.21 bits per heavy atom. The Bertz CT molecular complexity index is 811. The minimum atomic E-state index is -0.947. The van der Waals surface area contributed by atoms with Gasteiger partial charge < -0.3 is 14.7 Å². The summed E-state index contributed by atoms with van der Waals surface area (Å²) in [6, 6.07) is 14.9. The average molecular weight is 323 g/mol. The molecule has 0 aromatic heterocycles. The number of aliphatic carboxylic acids is 1. The third-order valence-corrected chi connectivity index (χ3v) is 3.73. The number of carboxylic acids is 1. The fourth-order valence-corrected chi connectivity index (χ4v) is 2.55. The molecule has 1 aliphatic rings. The van der Waals surface area contributed by atoms with E-state index in [-0.39, 0.29) is 24.6 Å². The van der Waals surface area contributed by atoms with Crippen LogP contribution in [0.2, 0.25) is 0 Å². The van der Waals surface area contributed by atoms with Crippen LogP contribution in [0.15, 0.2) is 54.3 Å². The van der Waals surface area contributed by atoms with Gasteiger partial charge in [0, 0.05) is 6.54 Å². The molecule has 122 valence electrons. The number of fused-ring (bicyclic) bond motifs is 1. The van der Waals surface area contributed by atoms with Gasteiger partial charge in [-0.1, -0.05) is 36.4 Å². The lowest BCUT2D eigenvalue weighted by atomic mass is 10.1. The van der Waals surface area contributed by atoms with E-state index in [9.17, 15) is 9.59 Å². The van der Waals surface area contributed by atoms with E-state index in [0.29, 0.717) is 11.4 Å². The molecule has 0 fully saturated rings. The first kappa shape index (κ1) is 15.8. The summed E-state index contributed by atoms with van der Waals surface area (Å²) in [5, 5.41) is 8.95. The van der Waals surface area contributed by atoms with Crippen LogP contribution in [0.3, 0.4) is 0 Å². The molecule has 0 spiro atoms. The lowest BCUT2D eigenvalue weighted by Crippen LogP contribution is -2.38. The third kappa shape index (κ3) is 3.30. The number of hydrogen-bond acceptors (Lipinski definition) is 3. The molecule has 1 heterocycles. The molecule has 5 nitrogen and oxygen atoms in total. The molecule has 0 saturated carbocycles. The monoisotopic (exact) mass is 323 g/mol. The molecule has 0 aliphatic carbocycles. The van der Waals surface area contributed by atoms with Crippen molar-refractivity contribution in [3.63, 3.8) is 0 Å². The quantitative estimate of drug-likeness (QED) is 0.877. The second-order valence-corrected chi connectivity index (χ2v) is 5.59. The topological polar surface area (TPSA) is 66.8 Å². The smallest absolute Gasteiger partial charge is 0.305 e. The molecule has 1 N–H and O–H groups in total. The van der Waals surface area contributed by atoms with Gasteiger partial charge in [-0.2, -0.15) is 0 Å². The standard InChI is InChI=1S/C19H17NO4/c1-13-7-8-16-15(11-13)20(10-9-18(21)22)19(23)17(24-16)12-14-5-3-2-4-6-14/h2-8,11-12H,9-10H2,1H3,(H,21,22)/b17-12+. The first-order chi connectivity index (χ1) is 11.5. The van der Waals surface area contributed by atoms with Crippen molar-refractivity contribution in [2.24, 2.45) is 0 Å². The molecule has 0 atom stereocenters. The van der Waals surface area contributed by atoms with E-state index >= 15 is 0 Å². The molecule has 0 saturated heterocycles. The van der Waals surface area contributed by atoms with Crippen LogP contribution in [-0.4, -0.2) is 23.5 Å². The maximum atomic E-state index is 12.8. The number of carbonyl (C=O) groups is 2. The maximum absolute atomic E-state index is 12.8. The zero-order valence-corrected chi connectivity index (χ0v) is 13.2. The molecule has 24 heavy (non-hydrogen) atoms. The molecule has 0 radical (unpaired) electrons. The van der Waals surface area contributed by atoms with Crippen LogP contribution in [0.25, 0.3) is 6.08 Å². The summed E-state index contributed by atoms with van der Waals surface area (Å²) >= 11 is 0. The Hall–Kier alpha value is -3.08. The Balaban J connectivity index is 2.00. The van der Waals surface area contributed by atoms with Gasteiger partial charge in [0.05, 0.1) is 12.1 Å². The Morgan fingerprint density at radius 2 is 1.96 bits per heavy atom. The SMILES string of the molecule is Cc1ccc2c(c1)N(CCC(=O)O)C(=O)/C(=C\c1ccccc1)O2. The molecule has 3 rings (SSSR count). The van der Waals surface area contributed by atoms with E-state index in [1.165, 1.54) is 4.90 Å². The van der Waals surface area contributed by atoms with E-state index < -0.39 is 5.97 Å². The number of aryl methyl sites for hydroxylation is 1. The summed E-state index contributed by atoms with van der Waals surface area (Å²) in [5.74, 6) is -0.550. The van der Waals surface area contributed by atoms with Crippen LogP contribution < -0.4 is 9.64 Å². The maximum Gasteiger partial charge on any atom is 0.305 e. The number of ether oxygens (including phenoxy) is 1. The summed E-state index contributed by atoms with van der Waals surface area (Å²) in [7, 11) is 0. The lowest BCUT2D eigenvalue weighted by Gasteiger charge is -2.30. The molecule has 1 amide bonds. The number of hydrogen-bond donors (Lipinski definition) is 1. The van der Waals surface area contributed by atoms with Gasteiger partial charge in [0.2, 0.25) is 0 Å². The molecule has 0 unspecified atom stereocenters.